The van der Waals surface area contributed by atoms with Crippen molar-refractivity contribution in [2.75, 3.05) is 7.11 Å². The smallest absolute Gasteiger partial charge is 0.178 e. The van der Waals surface area contributed by atoms with Crippen LogP contribution in [0.5, 0.6) is 0 Å². The van der Waals surface area contributed by atoms with E-state index in [2.05, 4.69) is 23.4 Å². The van der Waals surface area contributed by atoms with E-state index in [9.17, 15) is 0 Å². The van der Waals surface area contributed by atoms with E-state index in [1.54, 1.807) is 7.11 Å². The van der Waals surface area contributed by atoms with Crippen LogP contribution in [-0.2, 0) is 4.74 Å². The van der Waals surface area contributed by atoms with Crippen LogP contribution in [0.25, 0.3) is 11.0 Å². The van der Waals surface area contributed by atoms with Crippen LogP contribution in [0.3, 0.4) is 0 Å². The zero-order valence-corrected chi connectivity index (χ0v) is 12.8. The van der Waals surface area contributed by atoms with Gasteiger partial charge in [-0.05, 0) is 30.8 Å². The molecule has 0 saturated heterocycles. The first-order valence-corrected chi connectivity index (χ1v) is 7.17. The van der Waals surface area contributed by atoms with E-state index in [4.69, 9.17) is 28.6 Å². The molecule has 0 aliphatic heterocycles. The number of benzene rings is 1. The molecule has 5 heteroatoms. The summed E-state index contributed by atoms with van der Waals surface area (Å²) in [5.74, 6) is 0. The third-order valence-corrected chi connectivity index (χ3v) is 5.01. The summed E-state index contributed by atoms with van der Waals surface area (Å²) in [5.41, 5.74) is 2.05. The standard InChI is InChI=1S/C14H17ClN2OS/c1-14(2)10(7-11(14)18-3)17-12-8(15)5-4-6-9(12)16-13(17)19/h4-6,10-11H,7H2,1-3H3,(H,16,19). The maximum absolute atomic E-state index is 6.35. The van der Waals surface area contributed by atoms with Gasteiger partial charge in [0.2, 0.25) is 0 Å². The Bertz CT molecular complexity index is 688. The molecule has 2 aromatic rings. The van der Waals surface area contributed by atoms with Crippen molar-refractivity contribution in [1.29, 1.82) is 0 Å². The molecule has 1 N–H and O–H groups in total. The second-order valence-corrected chi connectivity index (χ2v) is 6.53. The second kappa shape index (κ2) is 4.33. The number of methoxy groups -OCH3 is 1. The summed E-state index contributed by atoms with van der Waals surface area (Å²) in [5, 5.41) is 0.738. The van der Waals surface area contributed by atoms with Crippen molar-refractivity contribution >= 4 is 34.9 Å². The first kappa shape index (κ1) is 13.2. The lowest BCUT2D eigenvalue weighted by Crippen LogP contribution is -2.51. The molecule has 1 aromatic carbocycles. The number of H-pyrrole nitrogens is 1. The molecule has 2 atom stereocenters. The largest absolute Gasteiger partial charge is 0.381 e. The highest BCUT2D eigenvalue weighted by Crippen LogP contribution is 2.52. The molecule has 0 bridgehead atoms. The van der Waals surface area contributed by atoms with E-state index >= 15 is 0 Å². The summed E-state index contributed by atoms with van der Waals surface area (Å²) in [7, 11) is 1.77. The number of rotatable bonds is 2. The molecule has 0 spiro atoms. The molecular formula is C14H17ClN2OS. The van der Waals surface area contributed by atoms with Gasteiger partial charge in [-0.15, -0.1) is 0 Å². The maximum Gasteiger partial charge on any atom is 0.178 e. The van der Waals surface area contributed by atoms with Crippen LogP contribution in [-0.4, -0.2) is 22.8 Å². The number of halogens is 1. The number of nitrogens with zero attached hydrogens (tertiary/aromatic N) is 1. The molecule has 2 unspecified atom stereocenters. The van der Waals surface area contributed by atoms with Gasteiger partial charge in [-0.1, -0.05) is 31.5 Å². The molecule has 1 aliphatic rings. The lowest BCUT2D eigenvalue weighted by Gasteiger charge is -2.51. The first-order valence-electron chi connectivity index (χ1n) is 6.38. The molecule has 1 saturated carbocycles. The maximum atomic E-state index is 6.35. The van der Waals surface area contributed by atoms with Gasteiger partial charge in [-0.25, -0.2) is 0 Å². The summed E-state index contributed by atoms with van der Waals surface area (Å²) in [4.78, 5) is 3.24. The van der Waals surface area contributed by atoms with Crippen LogP contribution in [0.15, 0.2) is 18.2 Å². The van der Waals surface area contributed by atoms with Gasteiger partial charge >= 0.3 is 0 Å². The molecule has 1 heterocycles. The molecule has 1 fully saturated rings. The normalized spacial score (nSPS) is 25.5. The summed E-state index contributed by atoms with van der Waals surface area (Å²) in [6, 6.07) is 6.16. The number of fused-ring (bicyclic) bond motifs is 1. The van der Waals surface area contributed by atoms with E-state index in [1.165, 1.54) is 0 Å². The van der Waals surface area contributed by atoms with Crippen molar-refractivity contribution in [3.63, 3.8) is 0 Å². The number of imidazole rings is 1. The number of para-hydroxylation sites is 1. The number of aromatic amines is 1. The molecule has 1 aliphatic carbocycles. The molecule has 3 rings (SSSR count). The fourth-order valence-corrected chi connectivity index (χ4v) is 3.73. The minimum absolute atomic E-state index is 0.0568. The Kier molecular flexibility index (Phi) is 3.00. The molecule has 102 valence electrons. The molecule has 0 radical (unpaired) electrons. The topological polar surface area (TPSA) is 29.9 Å². The second-order valence-electron chi connectivity index (χ2n) is 5.73. The van der Waals surface area contributed by atoms with Crippen molar-refractivity contribution < 1.29 is 4.74 Å². The molecule has 0 amide bonds. The van der Waals surface area contributed by atoms with Gasteiger partial charge in [0.1, 0.15) is 0 Å². The average Bonchev–Trinajstić information content (AvgIpc) is 2.67. The number of nitrogens with one attached hydrogen (secondary N) is 1. The minimum Gasteiger partial charge on any atom is -0.381 e. The van der Waals surface area contributed by atoms with Crippen LogP contribution in [0.4, 0.5) is 0 Å². The highest BCUT2D eigenvalue weighted by atomic mass is 35.5. The van der Waals surface area contributed by atoms with Crippen molar-refractivity contribution in [2.24, 2.45) is 5.41 Å². The van der Waals surface area contributed by atoms with E-state index in [0.717, 1.165) is 27.2 Å². The van der Waals surface area contributed by atoms with E-state index < -0.39 is 0 Å². The first-order chi connectivity index (χ1) is 8.96. The molecular weight excluding hydrogens is 280 g/mol. The Hall–Kier alpha value is -0.840. The molecule has 19 heavy (non-hydrogen) atoms. The Labute approximate surface area is 122 Å². The highest BCUT2D eigenvalue weighted by molar-refractivity contribution is 7.71. The minimum atomic E-state index is 0.0568. The zero-order chi connectivity index (χ0) is 13.8. The predicted octanol–water partition coefficient (Wildman–Crippen LogP) is 4.34. The van der Waals surface area contributed by atoms with Gasteiger partial charge in [0.05, 0.1) is 22.2 Å². The number of aromatic nitrogens is 2. The summed E-state index contributed by atoms with van der Waals surface area (Å²) >= 11 is 11.8. The van der Waals surface area contributed by atoms with Crippen LogP contribution in [0.2, 0.25) is 5.02 Å². The van der Waals surface area contributed by atoms with E-state index in [-0.39, 0.29) is 11.5 Å². The van der Waals surface area contributed by atoms with Gasteiger partial charge in [-0.2, -0.15) is 0 Å². The fraction of sp³-hybridized carbons (Fsp3) is 0.500. The quantitative estimate of drug-likeness (QED) is 0.836. The average molecular weight is 297 g/mol. The lowest BCUT2D eigenvalue weighted by atomic mass is 9.64. The van der Waals surface area contributed by atoms with Crippen LogP contribution in [0.1, 0.15) is 26.3 Å². The van der Waals surface area contributed by atoms with Crippen molar-refractivity contribution in [2.45, 2.75) is 32.4 Å². The van der Waals surface area contributed by atoms with Gasteiger partial charge in [0.15, 0.2) is 4.77 Å². The van der Waals surface area contributed by atoms with Gasteiger partial charge < -0.3 is 14.3 Å². The summed E-state index contributed by atoms with van der Waals surface area (Å²) in [6.45, 7) is 4.43. The third-order valence-electron chi connectivity index (χ3n) is 4.41. The van der Waals surface area contributed by atoms with E-state index in [0.29, 0.717) is 6.04 Å². The zero-order valence-electron chi connectivity index (χ0n) is 11.2. The fourth-order valence-electron chi connectivity index (χ4n) is 3.14. The third kappa shape index (κ3) is 1.77. The predicted molar refractivity (Wildman–Crippen MR) is 80.4 cm³/mol. The monoisotopic (exact) mass is 296 g/mol. The van der Waals surface area contributed by atoms with Gasteiger partial charge in [-0.3, -0.25) is 0 Å². The number of ether oxygens (including phenoxy) is 1. The van der Waals surface area contributed by atoms with Crippen LogP contribution in [0, 0.1) is 10.2 Å². The lowest BCUT2D eigenvalue weighted by molar-refractivity contribution is -0.111. The molecule has 3 nitrogen and oxygen atoms in total. The Balaban J connectivity index is 2.17. The Morgan fingerprint density at radius 1 is 1.47 bits per heavy atom. The Morgan fingerprint density at radius 3 is 2.84 bits per heavy atom. The van der Waals surface area contributed by atoms with Gasteiger partial charge in [0.25, 0.3) is 0 Å². The van der Waals surface area contributed by atoms with Crippen molar-refractivity contribution in [1.82, 2.24) is 9.55 Å². The van der Waals surface area contributed by atoms with Crippen LogP contribution < -0.4 is 0 Å². The van der Waals surface area contributed by atoms with Crippen LogP contribution >= 0.6 is 23.8 Å². The molecule has 1 aromatic heterocycles. The summed E-state index contributed by atoms with van der Waals surface area (Å²) in [6.07, 6.45) is 1.24. The van der Waals surface area contributed by atoms with Crippen molar-refractivity contribution in [3.05, 3.63) is 28.0 Å². The van der Waals surface area contributed by atoms with E-state index in [1.807, 2.05) is 18.2 Å². The number of hydrogen-bond acceptors (Lipinski definition) is 2. The Morgan fingerprint density at radius 2 is 2.21 bits per heavy atom. The number of hydrogen-bond donors (Lipinski definition) is 1. The van der Waals surface area contributed by atoms with Gasteiger partial charge in [0, 0.05) is 18.6 Å². The highest BCUT2D eigenvalue weighted by Gasteiger charge is 2.50. The SMILES string of the molecule is COC1CC(n2c(=S)[nH]c3cccc(Cl)c32)C1(C)C. The van der Waals surface area contributed by atoms with Crippen molar-refractivity contribution in [3.8, 4) is 0 Å². The summed E-state index contributed by atoms with van der Waals surface area (Å²) < 4.78 is 8.41.